The van der Waals surface area contributed by atoms with E-state index in [2.05, 4.69) is 85.1 Å². The molecule has 0 amide bonds. The standard InChI is InChI=1S/C38H68O2.6C3H3.2Sn/c1-3-5-7-9-11-13-15-17-19-21-23-25-27-29-35-39-37-31-33-38(34-32-37)40-36-30-28-26-24-22-20-18-16-14-12-10-8-6-4-2;6*1-3-2;;/h31,34H,3-30,35-36H2,1-2H3;6*1H3;;. The Bertz CT molecular complexity index is 1440. The minimum absolute atomic E-state index is 0.644. The fourth-order valence-electron chi connectivity index (χ4n) is 8.06. The summed E-state index contributed by atoms with van der Waals surface area (Å²) in [6.07, 6.45) is 37.2. The van der Waals surface area contributed by atoms with E-state index >= 15 is 0 Å². The van der Waals surface area contributed by atoms with Crippen LogP contribution in [0.2, 0.25) is 0 Å². The molecule has 1 aromatic rings. The van der Waals surface area contributed by atoms with Gasteiger partial charge in [-0.1, -0.05) is 90.9 Å². The van der Waals surface area contributed by atoms with Gasteiger partial charge in [-0.25, -0.2) is 0 Å². The van der Waals surface area contributed by atoms with E-state index in [9.17, 15) is 0 Å². The van der Waals surface area contributed by atoms with Gasteiger partial charge in [0.15, 0.2) is 0 Å². The molecule has 0 unspecified atom stereocenters. The van der Waals surface area contributed by atoms with Gasteiger partial charge in [0.2, 0.25) is 0 Å². The zero-order valence-corrected chi connectivity index (χ0v) is 45.9. The van der Waals surface area contributed by atoms with Gasteiger partial charge in [0, 0.05) is 0 Å². The van der Waals surface area contributed by atoms with Gasteiger partial charge in [0.25, 0.3) is 0 Å². The average molecular weight is 1030 g/mol. The van der Waals surface area contributed by atoms with E-state index in [1.54, 1.807) is 0 Å². The predicted molar refractivity (Wildman–Crippen MR) is 270 cm³/mol. The monoisotopic (exact) mass is 1030 g/mol. The van der Waals surface area contributed by atoms with E-state index in [0.29, 0.717) is 13.2 Å². The molecule has 0 saturated heterocycles. The van der Waals surface area contributed by atoms with Crippen LogP contribution in [-0.2, 0) is 0 Å². The number of hydrogen-bond acceptors (Lipinski definition) is 2. The first-order valence-electron chi connectivity index (χ1n) is 24.6. The van der Waals surface area contributed by atoms with Gasteiger partial charge >= 0.3 is 294 Å². The van der Waals surface area contributed by atoms with Gasteiger partial charge in [0.05, 0.1) is 0 Å². The van der Waals surface area contributed by atoms with Crippen LogP contribution in [0.3, 0.4) is 0 Å². The second kappa shape index (κ2) is 38.5. The Morgan fingerprint density at radius 2 is 0.517 bits per heavy atom. The first kappa shape index (κ1) is 55.8. The van der Waals surface area contributed by atoms with Crippen molar-refractivity contribution in [2.75, 3.05) is 13.2 Å². The molecule has 0 fully saturated rings. The summed E-state index contributed by atoms with van der Waals surface area (Å²) in [4.78, 5) is 0. The zero-order chi connectivity index (χ0) is 43.8. The fraction of sp³-hybridized carbons (Fsp3) is 0.679. The molecule has 0 saturated carbocycles. The third-order valence-electron chi connectivity index (χ3n) is 11.3. The summed E-state index contributed by atoms with van der Waals surface area (Å²) >= 11 is -7.90. The molecule has 0 aliphatic rings. The zero-order valence-electron chi connectivity index (χ0n) is 40.2. The van der Waals surface area contributed by atoms with Crippen molar-refractivity contribution in [3.63, 3.8) is 0 Å². The Labute approximate surface area is 381 Å². The van der Waals surface area contributed by atoms with E-state index in [0.717, 1.165) is 31.5 Å². The summed E-state index contributed by atoms with van der Waals surface area (Å²) in [5.41, 5.74) is 0. The molecule has 0 N–H and O–H groups in total. The molecular weight excluding hydrogens is 942 g/mol. The SMILES string of the molecule is CC#[C][Sn]([C]#CC)([C]#CC)[c]1cc(OCCCCCCCCCCCCCCCC)[c]([Sn]([C]#CC)([C]#CC)[C]#CC)cc1OCCCCCCCCCCCCCCCC. The third-order valence-corrected chi connectivity index (χ3v) is 28.8. The molecule has 0 heterocycles. The van der Waals surface area contributed by atoms with Crippen LogP contribution >= 0.6 is 0 Å². The van der Waals surface area contributed by atoms with Gasteiger partial charge < -0.3 is 0 Å². The minimum Gasteiger partial charge on any atom is -0.0654 e. The molecular formula is C56H86O2Sn2. The molecule has 2 nitrogen and oxygen atoms in total. The minimum atomic E-state index is -3.95. The quantitative estimate of drug-likeness (QED) is 0.0389. The van der Waals surface area contributed by atoms with Crippen molar-refractivity contribution >= 4 is 43.9 Å². The van der Waals surface area contributed by atoms with Gasteiger partial charge in [-0.2, -0.15) is 0 Å². The molecule has 0 aromatic heterocycles. The van der Waals surface area contributed by atoms with Crippen molar-refractivity contribution < 1.29 is 9.47 Å². The maximum absolute atomic E-state index is 6.83. The van der Waals surface area contributed by atoms with Crippen LogP contribution < -0.4 is 16.6 Å². The van der Waals surface area contributed by atoms with Gasteiger partial charge in [0.1, 0.15) is 0 Å². The van der Waals surface area contributed by atoms with E-state index in [1.807, 2.05) is 41.5 Å². The van der Waals surface area contributed by atoms with Crippen molar-refractivity contribution in [2.24, 2.45) is 0 Å². The summed E-state index contributed by atoms with van der Waals surface area (Å²) in [6, 6.07) is 4.40. The maximum atomic E-state index is 6.83. The molecule has 0 aliphatic carbocycles. The predicted octanol–water partition coefficient (Wildman–Crippen LogP) is 14.1. The molecule has 0 aliphatic heterocycles. The van der Waals surface area contributed by atoms with Crippen LogP contribution in [0, 0.1) is 59.1 Å². The summed E-state index contributed by atoms with van der Waals surface area (Å²) < 4.78 is 37.4. The van der Waals surface area contributed by atoms with Gasteiger partial charge in [-0.3, -0.25) is 0 Å². The van der Waals surface area contributed by atoms with E-state index < -0.39 is 36.8 Å². The molecule has 0 spiro atoms. The molecule has 0 bridgehead atoms. The van der Waals surface area contributed by atoms with Crippen LogP contribution in [0.1, 0.15) is 235 Å². The Balaban J connectivity index is 3.16. The number of ether oxygens (including phenoxy) is 2. The number of benzene rings is 1. The van der Waals surface area contributed by atoms with Crippen molar-refractivity contribution in [3.8, 4) is 70.6 Å². The molecule has 60 heavy (non-hydrogen) atoms. The molecule has 1 rings (SSSR count). The van der Waals surface area contributed by atoms with Crippen molar-refractivity contribution in [2.45, 2.75) is 235 Å². The van der Waals surface area contributed by atoms with Crippen LogP contribution in [0.15, 0.2) is 12.1 Å². The van der Waals surface area contributed by atoms with Crippen molar-refractivity contribution in [3.05, 3.63) is 12.1 Å². The van der Waals surface area contributed by atoms with Gasteiger partial charge in [-0.15, -0.1) is 0 Å². The normalized spacial score (nSPS) is 10.5. The van der Waals surface area contributed by atoms with Crippen LogP contribution in [0.5, 0.6) is 11.5 Å². The Morgan fingerprint density at radius 3 is 0.717 bits per heavy atom. The van der Waals surface area contributed by atoms with Gasteiger partial charge in [-0.05, 0) is 0 Å². The van der Waals surface area contributed by atoms with Crippen LogP contribution in [-0.4, -0.2) is 50.0 Å². The molecule has 0 radical (unpaired) electrons. The van der Waals surface area contributed by atoms with E-state index in [4.69, 9.17) is 9.47 Å². The first-order valence-corrected chi connectivity index (χ1v) is 36.0. The Morgan fingerprint density at radius 1 is 0.317 bits per heavy atom. The van der Waals surface area contributed by atoms with Crippen molar-refractivity contribution in [1.29, 1.82) is 0 Å². The molecule has 4 heteroatoms. The van der Waals surface area contributed by atoms with E-state index in [-0.39, 0.29) is 0 Å². The summed E-state index contributed by atoms with van der Waals surface area (Å²) in [5.74, 6) is 21.1. The third kappa shape index (κ3) is 23.8. The topological polar surface area (TPSA) is 18.5 Å². The molecule has 330 valence electrons. The first-order chi connectivity index (χ1) is 29.5. The van der Waals surface area contributed by atoms with Crippen LogP contribution in [0.25, 0.3) is 0 Å². The van der Waals surface area contributed by atoms with Crippen LogP contribution in [0.4, 0.5) is 0 Å². The Hall–Kier alpha value is -2.22. The number of unbranched alkanes of at least 4 members (excludes halogenated alkanes) is 26. The summed E-state index contributed by atoms with van der Waals surface area (Å²) in [5, 5.41) is 0. The van der Waals surface area contributed by atoms with Crippen molar-refractivity contribution in [1.82, 2.24) is 0 Å². The summed E-state index contributed by atoms with van der Waals surface area (Å²) in [7, 11) is 0. The summed E-state index contributed by atoms with van der Waals surface area (Å²) in [6.45, 7) is 17.3. The number of hydrogen-bond donors (Lipinski definition) is 0. The molecule has 0 atom stereocenters. The Kier molecular flexibility index (Phi) is 35.8. The smallest absolute Gasteiger partial charge is 0.0654 e. The second-order valence-corrected chi connectivity index (χ2v) is 32.4. The average Bonchev–Trinajstić information content (AvgIpc) is 3.24. The fourth-order valence-corrected chi connectivity index (χ4v) is 22.8. The van der Waals surface area contributed by atoms with E-state index in [1.165, 1.54) is 167 Å². The molecule has 1 aromatic carbocycles. The second-order valence-electron chi connectivity index (χ2n) is 16.5. The number of rotatable bonds is 34.